The van der Waals surface area contributed by atoms with Crippen LogP contribution in [0.1, 0.15) is 25.3 Å². The number of carbonyl (C=O) groups excluding carboxylic acids is 1. The number of hydrogen-bond acceptors (Lipinski definition) is 3. The van der Waals surface area contributed by atoms with Gasteiger partial charge >= 0.3 is 0 Å². The van der Waals surface area contributed by atoms with E-state index in [9.17, 15) is 4.79 Å². The summed E-state index contributed by atoms with van der Waals surface area (Å²) in [4.78, 5) is 11.6. The van der Waals surface area contributed by atoms with Gasteiger partial charge in [0, 0.05) is 12.6 Å². The molecule has 100 valence electrons. The molecule has 0 radical (unpaired) electrons. The van der Waals surface area contributed by atoms with Gasteiger partial charge in [0.2, 0.25) is 5.91 Å². The van der Waals surface area contributed by atoms with Crippen LogP contribution in [0.3, 0.4) is 0 Å². The van der Waals surface area contributed by atoms with E-state index < -0.39 is 0 Å². The molecular formula is C14H22N2O2. The quantitative estimate of drug-likeness (QED) is 0.773. The number of rotatable bonds is 7. The van der Waals surface area contributed by atoms with Gasteiger partial charge in [-0.25, -0.2) is 0 Å². The Morgan fingerprint density at radius 2 is 2.28 bits per heavy atom. The van der Waals surface area contributed by atoms with Crippen LogP contribution in [0.15, 0.2) is 24.3 Å². The van der Waals surface area contributed by atoms with E-state index in [1.54, 1.807) is 0 Å². The van der Waals surface area contributed by atoms with Gasteiger partial charge in [-0.2, -0.15) is 0 Å². The standard InChI is InChI=1S/C14H22N2O2/c1-3-12(10-15)16-14(17)7-8-18-13-6-4-5-11(2)9-13/h4-6,9,12H,3,7-8,10,15H2,1-2H3,(H,16,17). The summed E-state index contributed by atoms with van der Waals surface area (Å²) in [5, 5.41) is 2.87. The van der Waals surface area contributed by atoms with Crippen LogP contribution in [0.5, 0.6) is 5.75 Å². The highest BCUT2D eigenvalue weighted by Gasteiger charge is 2.08. The summed E-state index contributed by atoms with van der Waals surface area (Å²) < 4.78 is 5.51. The van der Waals surface area contributed by atoms with Crippen LogP contribution >= 0.6 is 0 Å². The first-order valence-corrected chi connectivity index (χ1v) is 6.34. The van der Waals surface area contributed by atoms with Crippen molar-refractivity contribution in [2.24, 2.45) is 5.73 Å². The first-order chi connectivity index (χ1) is 8.65. The summed E-state index contributed by atoms with van der Waals surface area (Å²) in [6.07, 6.45) is 1.20. The molecule has 0 aliphatic heterocycles. The van der Waals surface area contributed by atoms with E-state index in [1.165, 1.54) is 0 Å². The third-order valence-corrected chi connectivity index (χ3v) is 2.73. The minimum Gasteiger partial charge on any atom is -0.493 e. The maximum atomic E-state index is 11.6. The van der Waals surface area contributed by atoms with Crippen LogP contribution in [-0.2, 0) is 4.79 Å². The third kappa shape index (κ3) is 5.19. The molecule has 1 unspecified atom stereocenters. The molecule has 4 nitrogen and oxygen atoms in total. The molecule has 1 amide bonds. The molecular weight excluding hydrogens is 228 g/mol. The zero-order valence-corrected chi connectivity index (χ0v) is 11.1. The molecule has 0 aliphatic rings. The minimum atomic E-state index is -0.0139. The lowest BCUT2D eigenvalue weighted by Gasteiger charge is -2.14. The number of amides is 1. The van der Waals surface area contributed by atoms with Crippen LogP contribution in [0.2, 0.25) is 0 Å². The molecule has 0 spiro atoms. The lowest BCUT2D eigenvalue weighted by Crippen LogP contribution is -2.40. The molecule has 0 aromatic heterocycles. The van der Waals surface area contributed by atoms with E-state index in [0.29, 0.717) is 19.6 Å². The number of hydrogen-bond donors (Lipinski definition) is 2. The molecule has 18 heavy (non-hydrogen) atoms. The summed E-state index contributed by atoms with van der Waals surface area (Å²) in [7, 11) is 0. The highest BCUT2D eigenvalue weighted by molar-refractivity contribution is 5.76. The lowest BCUT2D eigenvalue weighted by molar-refractivity contribution is -0.122. The Labute approximate surface area is 109 Å². The number of nitrogens with two attached hydrogens (primary N) is 1. The normalized spacial score (nSPS) is 11.9. The summed E-state index contributed by atoms with van der Waals surface area (Å²) in [6.45, 7) is 4.87. The first kappa shape index (κ1) is 14.5. The minimum absolute atomic E-state index is 0.0139. The van der Waals surface area contributed by atoms with Gasteiger partial charge in [-0.05, 0) is 31.0 Å². The number of carbonyl (C=O) groups is 1. The van der Waals surface area contributed by atoms with E-state index in [-0.39, 0.29) is 11.9 Å². The van der Waals surface area contributed by atoms with Crippen molar-refractivity contribution in [1.82, 2.24) is 5.32 Å². The van der Waals surface area contributed by atoms with Crippen LogP contribution in [0.4, 0.5) is 0 Å². The van der Waals surface area contributed by atoms with E-state index in [0.717, 1.165) is 17.7 Å². The molecule has 1 aromatic carbocycles. The fraction of sp³-hybridized carbons (Fsp3) is 0.500. The lowest BCUT2D eigenvalue weighted by atomic mass is 10.2. The zero-order valence-electron chi connectivity index (χ0n) is 11.1. The topological polar surface area (TPSA) is 64.3 Å². The Bertz CT molecular complexity index is 376. The Kier molecular flexibility index (Phi) is 6.22. The average Bonchev–Trinajstić information content (AvgIpc) is 2.36. The molecule has 0 aliphatic carbocycles. The van der Waals surface area contributed by atoms with Crippen molar-refractivity contribution in [1.29, 1.82) is 0 Å². The van der Waals surface area contributed by atoms with Gasteiger partial charge in [0.1, 0.15) is 5.75 Å². The van der Waals surface area contributed by atoms with Crippen molar-refractivity contribution in [2.75, 3.05) is 13.2 Å². The SMILES string of the molecule is CCC(CN)NC(=O)CCOc1cccc(C)c1. The van der Waals surface area contributed by atoms with E-state index in [4.69, 9.17) is 10.5 Å². The largest absolute Gasteiger partial charge is 0.493 e. The van der Waals surface area contributed by atoms with Crippen molar-refractivity contribution in [2.45, 2.75) is 32.7 Å². The van der Waals surface area contributed by atoms with Crippen LogP contribution in [-0.4, -0.2) is 25.1 Å². The summed E-state index contributed by atoms with van der Waals surface area (Å²) in [6, 6.07) is 7.85. The van der Waals surface area contributed by atoms with E-state index in [2.05, 4.69) is 5.32 Å². The van der Waals surface area contributed by atoms with Gasteiger partial charge in [0.05, 0.1) is 13.0 Å². The van der Waals surface area contributed by atoms with Crippen molar-refractivity contribution in [3.63, 3.8) is 0 Å². The van der Waals surface area contributed by atoms with Gasteiger partial charge in [0.25, 0.3) is 0 Å². The van der Waals surface area contributed by atoms with E-state index in [1.807, 2.05) is 38.1 Å². The molecule has 1 rings (SSSR count). The van der Waals surface area contributed by atoms with Gasteiger partial charge < -0.3 is 15.8 Å². The summed E-state index contributed by atoms with van der Waals surface area (Å²) >= 11 is 0. The average molecular weight is 250 g/mol. The van der Waals surface area contributed by atoms with Gasteiger partial charge in [-0.3, -0.25) is 4.79 Å². The maximum absolute atomic E-state index is 11.6. The number of aryl methyl sites for hydroxylation is 1. The summed E-state index contributed by atoms with van der Waals surface area (Å²) in [5.41, 5.74) is 6.67. The van der Waals surface area contributed by atoms with Crippen molar-refractivity contribution >= 4 is 5.91 Å². The Morgan fingerprint density at radius 1 is 1.50 bits per heavy atom. The molecule has 1 aromatic rings. The predicted molar refractivity (Wildman–Crippen MR) is 72.6 cm³/mol. The second-order valence-electron chi connectivity index (χ2n) is 4.32. The van der Waals surface area contributed by atoms with Crippen molar-refractivity contribution < 1.29 is 9.53 Å². The molecule has 0 fully saturated rings. The third-order valence-electron chi connectivity index (χ3n) is 2.73. The first-order valence-electron chi connectivity index (χ1n) is 6.34. The number of nitrogens with one attached hydrogen (secondary N) is 1. The van der Waals surface area contributed by atoms with Crippen molar-refractivity contribution in [3.05, 3.63) is 29.8 Å². The Balaban J connectivity index is 2.27. The second-order valence-corrected chi connectivity index (χ2v) is 4.32. The second kappa shape index (κ2) is 7.71. The highest BCUT2D eigenvalue weighted by atomic mass is 16.5. The van der Waals surface area contributed by atoms with Gasteiger partial charge in [0.15, 0.2) is 0 Å². The molecule has 0 heterocycles. The molecule has 1 atom stereocenters. The Morgan fingerprint density at radius 3 is 2.89 bits per heavy atom. The van der Waals surface area contributed by atoms with E-state index >= 15 is 0 Å². The monoisotopic (exact) mass is 250 g/mol. The smallest absolute Gasteiger partial charge is 0.223 e. The fourth-order valence-electron chi connectivity index (χ4n) is 1.59. The molecule has 4 heteroatoms. The van der Waals surface area contributed by atoms with Crippen molar-refractivity contribution in [3.8, 4) is 5.75 Å². The summed E-state index contributed by atoms with van der Waals surface area (Å²) in [5.74, 6) is 0.786. The molecule has 0 saturated carbocycles. The van der Waals surface area contributed by atoms with Gasteiger partial charge in [-0.15, -0.1) is 0 Å². The van der Waals surface area contributed by atoms with Crippen LogP contribution in [0.25, 0.3) is 0 Å². The van der Waals surface area contributed by atoms with Crippen LogP contribution in [0, 0.1) is 6.92 Å². The fourth-order valence-corrected chi connectivity index (χ4v) is 1.59. The maximum Gasteiger partial charge on any atom is 0.223 e. The van der Waals surface area contributed by atoms with Crippen LogP contribution < -0.4 is 15.8 Å². The molecule has 0 bridgehead atoms. The Hall–Kier alpha value is -1.55. The highest BCUT2D eigenvalue weighted by Crippen LogP contribution is 2.12. The zero-order chi connectivity index (χ0) is 13.4. The number of ether oxygens (including phenoxy) is 1. The molecule has 3 N–H and O–H groups in total. The molecule has 0 saturated heterocycles. The number of benzene rings is 1. The predicted octanol–water partition coefficient (Wildman–Crippen LogP) is 1.62. The van der Waals surface area contributed by atoms with Gasteiger partial charge in [-0.1, -0.05) is 19.1 Å².